The molecule has 2 rings (SSSR count). The number of rotatable bonds is 2. The summed E-state index contributed by atoms with van der Waals surface area (Å²) in [7, 11) is 2.11. The third kappa shape index (κ3) is 1.72. The second-order valence-corrected chi connectivity index (χ2v) is 3.53. The number of nitrogens with zero attached hydrogens (tertiary/aromatic N) is 2. The summed E-state index contributed by atoms with van der Waals surface area (Å²) >= 11 is 0. The van der Waals surface area contributed by atoms with E-state index in [1.807, 2.05) is 6.07 Å². The van der Waals surface area contributed by atoms with Crippen LogP contribution in [-0.4, -0.2) is 36.1 Å². The zero-order valence-electron chi connectivity index (χ0n) is 7.70. The molecule has 1 saturated heterocycles. The summed E-state index contributed by atoms with van der Waals surface area (Å²) in [5.41, 5.74) is 7.46. The van der Waals surface area contributed by atoms with E-state index in [9.17, 15) is 0 Å². The SMILES string of the molecule is CN1CC(Nc2ccncc2N)C1. The number of nitrogens with one attached hydrogen (secondary N) is 1. The number of hydrogen-bond acceptors (Lipinski definition) is 4. The smallest absolute Gasteiger partial charge is 0.0736 e. The molecule has 0 saturated carbocycles. The third-order valence-electron chi connectivity index (χ3n) is 2.28. The second-order valence-electron chi connectivity index (χ2n) is 3.53. The Hall–Kier alpha value is -1.29. The van der Waals surface area contributed by atoms with Crippen LogP contribution >= 0.6 is 0 Å². The zero-order chi connectivity index (χ0) is 9.26. The zero-order valence-corrected chi connectivity index (χ0v) is 7.70. The molecule has 1 aromatic rings. The van der Waals surface area contributed by atoms with Crippen LogP contribution in [-0.2, 0) is 0 Å². The molecule has 0 aliphatic carbocycles. The van der Waals surface area contributed by atoms with Gasteiger partial charge in [-0.3, -0.25) is 4.98 Å². The largest absolute Gasteiger partial charge is 0.396 e. The molecule has 0 bridgehead atoms. The van der Waals surface area contributed by atoms with Gasteiger partial charge in [-0.15, -0.1) is 0 Å². The fourth-order valence-corrected chi connectivity index (χ4v) is 1.55. The number of pyridine rings is 1. The van der Waals surface area contributed by atoms with Crippen LogP contribution in [0.4, 0.5) is 11.4 Å². The molecular weight excluding hydrogens is 164 g/mol. The molecule has 4 heteroatoms. The summed E-state index contributed by atoms with van der Waals surface area (Å²) in [4.78, 5) is 6.19. The Labute approximate surface area is 77.8 Å². The summed E-state index contributed by atoms with van der Waals surface area (Å²) in [5, 5.41) is 3.37. The molecule has 0 aromatic carbocycles. The van der Waals surface area contributed by atoms with Crippen LogP contribution in [0.15, 0.2) is 18.5 Å². The molecule has 0 unspecified atom stereocenters. The summed E-state index contributed by atoms with van der Waals surface area (Å²) in [6, 6.07) is 2.45. The van der Waals surface area contributed by atoms with Crippen molar-refractivity contribution < 1.29 is 0 Å². The van der Waals surface area contributed by atoms with Crippen molar-refractivity contribution in [3.8, 4) is 0 Å². The first kappa shape index (κ1) is 8.31. The van der Waals surface area contributed by atoms with Crippen molar-refractivity contribution >= 4 is 11.4 Å². The molecule has 1 aliphatic heterocycles. The maximum atomic E-state index is 5.74. The van der Waals surface area contributed by atoms with Gasteiger partial charge in [0.05, 0.1) is 23.6 Å². The molecule has 70 valence electrons. The molecular formula is C9H14N4. The van der Waals surface area contributed by atoms with Crippen molar-refractivity contribution in [1.29, 1.82) is 0 Å². The summed E-state index contributed by atoms with van der Waals surface area (Å²) in [5.74, 6) is 0. The number of nitrogen functional groups attached to an aromatic ring is 1. The van der Waals surface area contributed by atoms with Gasteiger partial charge in [-0.2, -0.15) is 0 Å². The van der Waals surface area contributed by atoms with Crippen LogP contribution in [0.25, 0.3) is 0 Å². The van der Waals surface area contributed by atoms with E-state index in [0.717, 1.165) is 24.5 Å². The topological polar surface area (TPSA) is 54.2 Å². The van der Waals surface area contributed by atoms with E-state index in [1.165, 1.54) is 0 Å². The van der Waals surface area contributed by atoms with Gasteiger partial charge in [0.2, 0.25) is 0 Å². The highest BCUT2D eigenvalue weighted by molar-refractivity contribution is 5.64. The molecule has 0 atom stereocenters. The van der Waals surface area contributed by atoms with E-state index in [2.05, 4.69) is 22.2 Å². The van der Waals surface area contributed by atoms with E-state index >= 15 is 0 Å². The number of likely N-dealkylation sites (N-methyl/N-ethyl adjacent to an activating group) is 1. The van der Waals surface area contributed by atoms with Gasteiger partial charge in [0, 0.05) is 19.3 Å². The fourth-order valence-electron chi connectivity index (χ4n) is 1.55. The van der Waals surface area contributed by atoms with Crippen LogP contribution in [0.2, 0.25) is 0 Å². The van der Waals surface area contributed by atoms with Crippen molar-refractivity contribution in [2.45, 2.75) is 6.04 Å². The highest BCUT2D eigenvalue weighted by Gasteiger charge is 2.22. The van der Waals surface area contributed by atoms with E-state index in [0.29, 0.717) is 6.04 Å². The first-order valence-electron chi connectivity index (χ1n) is 4.40. The van der Waals surface area contributed by atoms with Gasteiger partial charge < -0.3 is 16.0 Å². The maximum absolute atomic E-state index is 5.74. The second kappa shape index (κ2) is 3.22. The molecule has 1 aromatic heterocycles. The van der Waals surface area contributed by atoms with Crippen molar-refractivity contribution in [2.75, 3.05) is 31.2 Å². The Kier molecular flexibility index (Phi) is 2.06. The molecule has 1 fully saturated rings. The highest BCUT2D eigenvalue weighted by atomic mass is 15.2. The monoisotopic (exact) mass is 178 g/mol. The maximum Gasteiger partial charge on any atom is 0.0736 e. The average molecular weight is 178 g/mol. The van der Waals surface area contributed by atoms with E-state index in [-0.39, 0.29) is 0 Å². The summed E-state index contributed by atoms with van der Waals surface area (Å²) in [6.45, 7) is 2.17. The standard InChI is InChI=1S/C9H14N4/c1-13-5-7(6-13)12-9-2-3-11-4-8(9)10/h2-4,7H,5-6,10H2,1H3,(H,11,12). The average Bonchev–Trinajstić information content (AvgIpc) is 2.06. The van der Waals surface area contributed by atoms with Crippen LogP contribution < -0.4 is 11.1 Å². The lowest BCUT2D eigenvalue weighted by atomic mass is 10.1. The van der Waals surface area contributed by atoms with Crippen LogP contribution in [0.1, 0.15) is 0 Å². The van der Waals surface area contributed by atoms with Crippen molar-refractivity contribution in [3.05, 3.63) is 18.5 Å². The molecule has 2 heterocycles. The van der Waals surface area contributed by atoms with Crippen molar-refractivity contribution in [1.82, 2.24) is 9.88 Å². The first-order chi connectivity index (χ1) is 6.25. The summed E-state index contributed by atoms with van der Waals surface area (Å²) in [6.07, 6.45) is 3.42. The number of aromatic nitrogens is 1. The number of hydrogen-bond donors (Lipinski definition) is 2. The Morgan fingerprint density at radius 1 is 1.62 bits per heavy atom. The number of likely N-dealkylation sites (tertiary alicyclic amines) is 1. The highest BCUT2D eigenvalue weighted by Crippen LogP contribution is 2.19. The predicted molar refractivity (Wildman–Crippen MR) is 53.6 cm³/mol. The number of anilines is 2. The van der Waals surface area contributed by atoms with Gasteiger partial charge in [-0.05, 0) is 13.1 Å². The quantitative estimate of drug-likeness (QED) is 0.688. The van der Waals surface area contributed by atoms with Crippen LogP contribution in [0.5, 0.6) is 0 Å². The molecule has 4 nitrogen and oxygen atoms in total. The Morgan fingerprint density at radius 3 is 3.00 bits per heavy atom. The minimum absolute atomic E-state index is 0.537. The van der Waals surface area contributed by atoms with Gasteiger partial charge in [-0.25, -0.2) is 0 Å². The van der Waals surface area contributed by atoms with Gasteiger partial charge in [0.15, 0.2) is 0 Å². The molecule has 0 amide bonds. The van der Waals surface area contributed by atoms with E-state index in [4.69, 9.17) is 5.73 Å². The predicted octanol–water partition coefficient (Wildman–Crippen LogP) is 0.390. The third-order valence-corrected chi connectivity index (χ3v) is 2.28. The summed E-state index contributed by atoms with van der Waals surface area (Å²) < 4.78 is 0. The minimum atomic E-state index is 0.537. The molecule has 0 spiro atoms. The first-order valence-corrected chi connectivity index (χ1v) is 4.40. The molecule has 13 heavy (non-hydrogen) atoms. The van der Waals surface area contributed by atoms with Gasteiger partial charge >= 0.3 is 0 Å². The molecule has 3 N–H and O–H groups in total. The lowest BCUT2D eigenvalue weighted by Crippen LogP contribution is -2.52. The van der Waals surface area contributed by atoms with E-state index < -0.39 is 0 Å². The van der Waals surface area contributed by atoms with Gasteiger partial charge in [0.25, 0.3) is 0 Å². The normalized spacial score (nSPS) is 18.2. The van der Waals surface area contributed by atoms with Crippen LogP contribution in [0, 0.1) is 0 Å². The lowest BCUT2D eigenvalue weighted by molar-refractivity contribution is 0.205. The van der Waals surface area contributed by atoms with Crippen LogP contribution in [0.3, 0.4) is 0 Å². The van der Waals surface area contributed by atoms with Crippen molar-refractivity contribution in [2.24, 2.45) is 0 Å². The number of nitrogens with two attached hydrogens (primary N) is 1. The van der Waals surface area contributed by atoms with Crippen molar-refractivity contribution in [3.63, 3.8) is 0 Å². The molecule has 0 radical (unpaired) electrons. The molecule has 1 aliphatic rings. The Balaban J connectivity index is 1.98. The Morgan fingerprint density at radius 2 is 2.38 bits per heavy atom. The fraction of sp³-hybridized carbons (Fsp3) is 0.444. The Bertz CT molecular complexity index is 293. The van der Waals surface area contributed by atoms with E-state index in [1.54, 1.807) is 12.4 Å². The lowest BCUT2D eigenvalue weighted by Gasteiger charge is -2.37. The minimum Gasteiger partial charge on any atom is -0.396 e. The van der Waals surface area contributed by atoms with Gasteiger partial charge in [-0.1, -0.05) is 0 Å². The van der Waals surface area contributed by atoms with Gasteiger partial charge in [0.1, 0.15) is 0 Å².